The lowest BCUT2D eigenvalue weighted by molar-refractivity contribution is -0.137. The third kappa shape index (κ3) is 3.09. The van der Waals surface area contributed by atoms with Crippen LogP contribution >= 0.6 is 0 Å². The Hall–Kier alpha value is -0.830. The topological polar surface area (TPSA) is 57.5 Å². The lowest BCUT2D eigenvalue weighted by Gasteiger charge is -2.58. The highest BCUT2D eigenvalue weighted by Gasteiger charge is 2.59. The van der Waals surface area contributed by atoms with E-state index in [2.05, 4.69) is 26.8 Å². The Kier molecular flexibility index (Phi) is 4.98. The normalized spacial score (nSPS) is 47.4. The van der Waals surface area contributed by atoms with Crippen LogP contribution in [0.1, 0.15) is 85.0 Å². The van der Waals surface area contributed by atoms with Gasteiger partial charge in [0.05, 0.1) is 6.10 Å². The van der Waals surface area contributed by atoms with Crippen molar-refractivity contribution in [3.05, 3.63) is 11.6 Å². The standard InChI is InChI=1S/C24H38O3/c1-15(4-9-22(26)27)19-7-8-20-18-6-5-16-14-17(25)10-12-23(16,2)21(18)11-13-24(19,20)3/h5,15,17-21,25H,4,6-14H2,1-3H3,(H,26,27)/t15-,17?,18?,19-,20?,21?,23+,24-/m1/s1. The average Bonchev–Trinajstić information content (AvgIpc) is 2.97. The fourth-order valence-electron chi connectivity index (χ4n) is 8.17. The van der Waals surface area contributed by atoms with Crippen molar-refractivity contribution in [2.75, 3.05) is 0 Å². The van der Waals surface area contributed by atoms with Gasteiger partial charge in [-0.25, -0.2) is 0 Å². The molecule has 4 unspecified atom stereocenters. The molecule has 3 fully saturated rings. The first-order chi connectivity index (χ1) is 12.8. The molecule has 4 aliphatic carbocycles. The average molecular weight is 375 g/mol. The molecule has 0 aromatic heterocycles. The first-order valence-electron chi connectivity index (χ1n) is 11.3. The van der Waals surface area contributed by atoms with Crippen molar-refractivity contribution < 1.29 is 15.0 Å². The predicted molar refractivity (Wildman–Crippen MR) is 107 cm³/mol. The van der Waals surface area contributed by atoms with Crippen LogP contribution in [-0.2, 0) is 4.79 Å². The molecule has 4 aliphatic rings. The Balaban J connectivity index is 1.54. The predicted octanol–water partition coefficient (Wildman–Crippen LogP) is 5.43. The quantitative estimate of drug-likeness (QED) is 0.645. The maximum absolute atomic E-state index is 11.0. The molecule has 3 nitrogen and oxygen atoms in total. The Labute approximate surface area is 164 Å². The number of rotatable bonds is 4. The SMILES string of the molecule is C[C@H](CCC(=O)O)[C@H]1CCC2C3CC=C4CC(O)CC[C@]4(C)C3CC[C@@]21C. The Morgan fingerprint density at radius 2 is 1.96 bits per heavy atom. The highest BCUT2D eigenvalue weighted by molar-refractivity contribution is 5.66. The van der Waals surface area contributed by atoms with Crippen LogP contribution in [0, 0.1) is 40.4 Å². The van der Waals surface area contributed by atoms with E-state index in [-0.39, 0.29) is 6.10 Å². The second-order valence-corrected chi connectivity index (χ2v) is 10.8. The van der Waals surface area contributed by atoms with Crippen LogP contribution < -0.4 is 0 Å². The van der Waals surface area contributed by atoms with E-state index < -0.39 is 5.97 Å². The molecule has 0 amide bonds. The number of hydrogen-bond acceptors (Lipinski definition) is 2. The molecule has 0 bridgehead atoms. The molecule has 2 N–H and O–H groups in total. The van der Waals surface area contributed by atoms with E-state index in [1.54, 1.807) is 5.57 Å². The molecule has 0 aliphatic heterocycles. The van der Waals surface area contributed by atoms with Crippen LogP contribution in [0.3, 0.4) is 0 Å². The number of carboxylic acids is 1. The van der Waals surface area contributed by atoms with Gasteiger partial charge in [0.15, 0.2) is 0 Å². The molecule has 0 saturated heterocycles. The van der Waals surface area contributed by atoms with E-state index in [0.717, 1.165) is 43.4 Å². The molecule has 8 atom stereocenters. The number of hydrogen-bond donors (Lipinski definition) is 2. The highest BCUT2D eigenvalue weighted by Crippen LogP contribution is 2.67. The number of carbonyl (C=O) groups is 1. The number of carboxylic acid groups (broad SMARTS) is 1. The smallest absolute Gasteiger partial charge is 0.303 e. The summed E-state index contributed by atoms with van der Waals surface area (Å²) in [7, 11) is 0. The van der Waals surface area contributed by atoms with Gasteiger partial charge >= 0.3 is 5.97 Å². The van der Waals surface area contributed by atoms with Crippen LogP contribution in [0.15, 0.2) is 11.6 Å². The van der Waals surface area contributed by atoms with Gasteiger partial charge in [-0.2, -0.15) is 0 Å². The second kappa shape index (κ2) is 6.90. The fourth-order valence-corrected chi connectivity index (χ4v) is 8.17. The van der Waals surface area contributed by atoms with E-state index in [9.17, 15) is 9.90 Å². The van der Waals surface area contributed by atoms with Gasteiger partial charge < -0.3 is 10.2 Å². The summed E-state index contributed by atoms with van der Waals surface area (Å²) in [6, 6.07) is 0. The zero-order valence-corrected chi connectivity index (χ0v) is 17.4. The van der Waals surface area contributed by atoms with Gasteiger partial charge in [0.25, 0.3) is 0 Å². The van der Waals surface area contributed by atoms with Crippen molar-refractivity contribution in [2.24, 2.45) is 40.4 Å². The van der Waals surface area contributed by atoms with Crippen LogP contribution in [-0.4, -0.2) is 22.3 Å². The van der Waals surface area contributed by atoms with Crippen molar-refractivity contribution >= 4 is 5.97 Å². The van der Waals surface area contributed by atoms with Crippen LogP contribution in [0.4, 0.5) is 0 Å². The van der Waals surface area contributed by atoms with E-state index in [0.29, 0.717) is 29.1 Å². The molecule has 4 rings (SSSR count). The molecule has 0 aromatic rings. The summed E-state index contributed by atoms with van der Waals surface area (Å²) in [4.78, 5) is 11.0. The maximum atomic E-state index is 11.0. The number of aliphatic hydroxyl groups is 1. The monoisotopic (exact) mass is 374 g/mol. The van der Waals surface area contributed by atoms with Crippen molar-refractivity contribution in [1.82, 2.24) is 0 Å². The lowest BCUT2D eigenvalue weighted by atomic mass is 9.47. The largest absolute Gasteiger partial charge is 0.481 e. The van der Waals surface area contributed by atoms with Gasteiger partial charge in [0.2, 0.25) is 0 Å². The summed E-state index contributed by atoms with van der Waals surface area (Å²) in [5.74, 6) is 2.94. The minimum absolute atomic E-state index is 0.124. The number of aliphatic hydroxyl groups excluding tert-OH is 1. The fraction of sp³-hybridized carbons (Fsp3) is 0.875. The van der Waals surface area contributed by atoms with Gasteiger partial charge in [-0.3, -0.25) is 4.79 Å². The van der Waals surface area contributed by atoms with Crippen molar-refractivity contribution in [3.8, 4) is 0 Å². The summed E-state index contributed by atoms with van der Waals surface area (Å²) >= 11 is 0. The number of fused-ring (bicyclic) bond motifs is 5. The van der Waals surface area contributed by atoms with Gasteiger partial charge in [0, 0.05) is 6.42 Å². The summed E-state index contributed by atoms with van der Waals surface area (Å²) in [6.07, 6.45) is 13.0. The van der Waals surface area contributed by atoms with E-state index >= 15 is 0 Å². The van der Waals surface area contributed by atoms with E-state index in [1.165, 1.54) is 32.1 Å². The molecule has 0 heterocycles. The van der Waals surface area contributed by atoms with Crippen molar-refractivity contribution in [2.45, 2.75) is 91.1 Å². The van der Waals surface area contributed by atoms with Gasteiger partial charge in [-0.1, -0.05) is 32.4 Å². The molecular weight excluding hydrogens is 336 g/mol. The van der Waals surface area contributed by atoms with Crippen molar-refractivity contribution in [3.63, 3.8) is 0 Å². The minimum atomic E-state index is -0.650. The van der Waals surface area contributed by atoms with Crippen LogP contribution in [0.2, 0.25) is 0 Å². The maximum Gasteiger partial charge on any atom is 0.303 e. The first-order valence-corrected chi connectivity index (χ1v) is 11.3. The van der Waals surface area contributed by atoms with Crippen molar-refractivity contribution in [1.29, 1.82) is 0 Å². The molecule has 0 spiro atoms. The molecular formula is C24H38O3. The van der Waals surface area contributed by atoms with Crippen LogP contribution in [0.25, 0.3) is 0 Å². The molecule has 0 radical (unpaired) electrons. The number of aliphatic carboxylic acids is 1. The van der Waals surface area contributed by atoms with E-state index in [4.69, 9.17) is 5.11 Å². The molecule has 152 valence electrons. The number of allylic oxidation sites excluding steroid dienone is 1. The van der Waals surface area contributed by atoms with Gasteiger partial charge in [-0.15, -0.1) is 0 Å². The third-order valence-electron chi connectivity index (χ3n) is 9.65. The molecule has 3 saturated carbocycles. The Morgan fingerprint density at radius 3 is 2.70 bits per heavy atom. The summed E-state index contributed by atoms with van der Waals surface area (Å²) in [5, 5.41) is 19.2. The Morgan fingerprint density at radius 1 is 1.19 bits per heavy atom. The highest BCUT2D eigenvalue weighted by atomic mass is 16.4. The van der Waals surface area contributed by atoms with Crippen LogP contribution in [0.5, 0.6) is 0 Å². The third-order valence-corrected chi connectivity index (χ3v) is 9.65. The lowest BCUT2D eigenvalue weighted by Crippen LogP contribution is -2.50. The minimum Gasteiger partial charge on any atom is -0.481 e. The zero-order valence-electron chi connectivity index (χ0n) is 17.4. The van der Waals surface area contributed by atoms with Gasteiger partial charge in [0.1, 0.15) is 0 Å². The molecule has 3 heteroatoms. The summed E-state index contributed by atoms with van der Waals surface area (Å²) in [6.45, 7) is 7.33. The van der Waals surface area contributed by atoms with E-state index in [1.807, 2.05) is 0 Å². The molecule has 0 aromatic carbocycles. The Bertz CT molecular complexity index is 625. The van der Waals surface area contributed by atoms with Gasteiger partial charge in [-0.05, 0) is 98.2 Å². The second-order valence-electron chi connectivity index (χ2n) is 10.8. The zero-order chi connectivity index (χ0) is 19.4. The summed E-state index contributed by atoms with van der Waals surface area (Å²) in [5.41, 5.74) is 2.27. The molecule has 27 heavy (non-hydrogen) atoms. The summed E-state index contributed by atoms with van der Waals surface area (Å²) < 4.78 is 0. The first kappa shape index (κ1) is 19.5.